The summed E-state index contributed by atoms with van der Waals surface area (Å²) in [6.45, 7) is 4.79. The molecule has 0 bridgehead atoms. The summed E-state index contributed by atoms with van der Waals surface area (Å²) in [5, 5.41) is 11.3. The third kappa shape index (κ3) is 4.84. The van der Waals surface area contributed by atoms with Gasteiger partial charge in [-0.25, -0.2) is 0 Å². The highest BCUT2D eigenvalue weighted by Gasteiger charge is 2.11. The first-order chi connectivity index (χ1) is 10.2. The summed E-state index contributed by atoms with van der Waals surface area (Å²) in [4.78, 5) is 1.94. The number of benzene rings is 1. The molecule has 6 heteroatoms. The minimum absolute atomic E-state index is 0.528. The summed E-state index contributed by atoms with van der Waals surface area (Å²) in [6, 6.07) is 8.91. The lowest BCUT2D eigenvalue weighted by atomic mass is 10.1. The highest BCUT2D eigenvalue weighted by molar-refractivity contribution is 5.29. The number of methoxy groups -OCH3 is 1. The van der Waals surface area contributed by atoms with Crippen molar-refractivity contribution in [1.29, 1.82) is 0 Å². The minimum Gasteiger partial charge on any atom is -0.407 e. The average Bonchev–Trinajstić information content (AvgIpc) is 2.93. The highest BCUT2D eigenvalue weighted by atomic mass is 16.5. The molecule has 1 heterocycles. The van der Waals surface area contributed by atoms with E-state index in [0.717, 1.165) is 13.1 Å². The van der Waals surface area contributed by atoms with E-state index in [1.807, 2.05) is 11.9 Å². The molecule has 0 aliphatic heterocycles. The van der Waals surface area contributed by atoms with E-state index in [0.29, 0.717) is 25.1 Å². The van der Waals surface area contributed by atoms with Crippen LogP contribution >= 0.6 is 0 Å². The SMILES string of the molecule is COCCNCc1nnc(N(C)Cc2cccc(C)c2)o1. The summed E-state index contributed by atoms with van der Waals surface area (Å²) in [5.74, 6) is 0.581. The molecule has 0 atom stereocenters. The van der Waals surface area contributed by atoms with Crippen molar-refractivity contribution in [2.45, 2.75) is 20.0 Å². The maximum atomic E-state index is 5.63. The molecule has 1 N–H and O–H groups in total. The monoisotopic (exact) mass is 290 g/mol. The summed E-state index contributed by atoms with van der Waals surface area (Å²) in [6.07, 6.45) is 0. The minimum atomic E-state index is 0.528. The van der Waals surface area contributed by atoms with Gasteiger partial charge >= 0.3 is 6.01 Å². The highest BCUT2D eigenvalue weighted by Crippen LogP contribution is 2.14. The van der Waals surface area contributed by atoms with Gasteiger partial charge in [-0.05, 0) is 12.5 Å². The zero-order valence-corrected chi connectivity index (χ0v) is 12.8. The van der Waals surface area contributed by atoms with Gasteiger partial charge in [0.25, 0.3) is 0 Å². The predicted molar refractivity (Wildman–Crippen MR) is 81.2 cm³/mol. The second kappa shape index (κ2) is 7.75. The zero-order valence-electron chi connectivity index (χ0n) is 12.8. The van der Waals surface area contributed by atoms with Crippen molar-refractivity contribution < 1.29 is 9.15 Å². The number of hydrogen-bond donors (Lipinski definition) is 1. The van der Waals surface area contributed by atoms with Crippen LogP contribution in [0.1, 0.15) is 17.0 Å². The normalized spacial score (nSPS) is 10.8. The fraction of sp³-hybridized carbons (Fsp3) is 0.467. The Kier molecular flexibility index (Phi) is 5.71. The molecule has 0 radical (unpaired) electrons. The number of nitrogens with zero attached hydrogens (tertiary/aromatic N) is 3. The van der Waals surface area contributed by atoms with Crippen molar-refractivity contribution in [3.63, 3.8) is 0 Å². The predicted octanol–water partition coefficient (Wildman–Crippen LogP) is 1.75. The molecule has 0 saturated carbocycles. The van der Waals surface area contributed by atoms with Crippen LogP contribution < -0.4 is 10.2 Å². The van der Waals surface area contributed by atoms with Crippen LogP contribution in [-0.4, -0.2) is 37.5 Å². The number of rotatable bonds is 8. The van der Waals surface area contributed by atoms with E-state index >= 15 is 0 Å². The van der Waals surface area contributed by atoms with Crippen LogP contribution in [-0.2, 0) is 17.8 Å². The molecule has 21 heavy (non-hydrogen) atoms. The number of anilines is 1. The standard InChI is InChI=1S/C15H22N4O2/c1-12-5-4-6-13(9-12)11-19(2)15-18-17-14(21-15)10-16-7-8-20-3/h4-6,9,16H,7-8,10-11H2,1-3H3. The van der Waals surface area contributed by atoms with Crippen LogP contribution in [0.4, 0.5) is 6.01 Å². The molecule has 2 aromatic rings. The van der Waals surface area contributed by atoms with E-state index in [1.165, 1.54) is 11.1 Å². The number of ether oxygens (including phenoxy) is 1. The Morgan fingerprint density at radius 3 is 2.95 bits per heavy atom. The number of aryl methyl sites for hydroxylation is 1. The molecule has 114 valence electrons. The Balaban J connectivity index is 1.88. The topological polar surface area (TPSA) is 63.4 Å². The summed E-state index contributed by atoms with van der Waals surface area (Å²) >= 11 is 0. The van der Waals surface area contributed by atoms with Gasteiger partial charge in [0, 0.05) is 27.2 Å². The van der Waals surface area contributed by atoms with E-state index < -0.39 is 0 Å². The molecular formula is C15H22N4O2. The van der Waals surface area contributed by atoms with Gasteiger partial charge in [0.05, 0.1) is 13.2 Å². The fourth-order valence-electron chi connectivity index (χ4n) is 1.99. The van der Waals surface area contributed by atoms with Gasteiger partial charge in [0.15, 0.2) is 0 Å². The fourth-order valence-corrected chi connectivity index (χ4v) is 1.99. The lowest BCUT2D eigenvalue weighted by Crippen LogP contribution is -2.18. The zero-order chi connectivity index (χ0) is 15.1. The first-order valence-corrected chi connectivity index (χ1v) is 6.98. The lowest BCUT2D eigenvalue weighted by Gasteiger charge is -2.14. The van der Waals surface area contributed by atoms with E-state index in [2.05, 4.69) is 46.7 Å². The number of aromatic nitrogens is 2. The van der Waals surface area contributed by atoms with Crippen LogP contribution in [0.2, 0.25) is 0 Å². The van der Waals surface area contributed by atoms with Gasteiger partial charge in [-0.3, -0.25) is 0 Å². The van der Waals surface area contributed by atoms with Crippen molar-refractivity contribution in [2.75, 3.05) is 32.2 Å². The quantitative estimate of drug-likeness (QED) is 0.747. The molecule has 2 rings (SSSR count). The Labute approximate surface area is 125 Å². The van der Waals surface area contributed by atoms with E-state index in [-0.39, 0.29) is 0 Å². The molecule has 0 spiro atoms. The van der Waals surface area contributed by atoms with E-state index in [9.17, 15) is 0 Å². The molecule has 0 saturated heterocycles. The Bertz CT molecular complexity index is 556. The second-order valence-electron chi connectivity index (χ2n) is 4.99. The molecular weight excluding hydrogens is 268 g/mol. The summed E-state index contributed by atoms with van der Waals surface area (Å²) in [5.41, 5.74) is 2.46. The largest absolute Gasteiger partial charge is 0.407 e. The molecule has 0 unspecified atom stereocenters. The summed E-state index contributed by atoms with van der Waals surface area (Å²) in [7, 11) is 3.62. The van der Waals surface area contributed by atoms with Crippen LogP contribution in [0.25, 0.3) is 0 Å². The number of nitrogens with one attached hydrogen (secondary N) is 1. The van der Waals surface area contributed by atoms with Crippen molar-refractivity contribution in [3.8, 4) is 0 Å². The van der Waals surface area contributed by atoms with Crippen molar-refractivity contribution in [2.24, 2.45) is 0 Å². The van der Waals surface area contributed by atoms with E-state index in [1.54, 1.807) is 7.11 Å². The van der Waals surface area contributed by atoms with Crippen LogP contribution in [0, 0.1) is 6.92 Å². The number of hydrogen-bond acceptors (Lipinski definition) is 6. The van der Waals surface area contributed by atoms with Crippen molar-refractivity contribution in [1.82, 2.24) is 15.5 Å². The van der Waals surface area contributed by atoms with Crippen LogP contribution in [0.3, 0.4) is 0 Å². The Morgan fingerprint density at radius 2 is 2.19 bits per heavy atom. The van der Waals surface area contributed by atoms with Gasteiger partial charge in [-0.1, -0.05) is 34.9 Å². The Hall–Kier alpha value is -1.92. The molecule has 1 aromatic heterocycles. The van der Waals surface area contributed by atoms with E-state index in [4.69, 9.17) is 9.15 Å². The maximum absolute atomic E-state index is 5.63. The third-order valence-corrected chi connectivity index (χ3v) is 3.04. The van der Waals surface area contributed by atoms with Gasteiger partial charge in [-0.2, -0.15) is 0 Å². The molecule has 1 aromatic carbocycles. The van der Waals surface area contributed by atoms with Gasteiger partial charge in [0.2, 0.25) is 5.89 Å². The van der Waals surface area contributed by atoms with Crippen molar-refractivity contribution in [3.05, 3.63) is 41.3 Å². The van der Waals surface area contributed by atoms with Gasteiger partial charge in [-0.15, -0.1) is 5.10 Å². The van der Waals surface area contributed by atoms with Crippen LogP contribution in [0.15, 0.2) is 28.7 Å². The third-order valence-electron chi connectivity index (χ3n) is 3.04. The molecule has 0 amide bonds. The second-order valence-corrected chi connectivity index (χ2v) is 4.99. The Morgan fingerprint density at radius 1 is 1.33 bits per heavy atom. The van der Waals surface area contributed by atoms with Gasteiger partial charge < -0.3 is 19.4 Å². The van der Waals surface area contributed by atoms with Crippen molar-refractivity contribution >= 4 is 6.01 Å². The maximum Gasteiger partial charge on any atom is 0.318 e. The lowest BCUT2D eigenvalue weighted by molar-refractivity contribution is 0.198. The molecule has 0 aliphatic rings. The summed E-state index contributed by atoms with van der Waals surface area (Å²) < 4.78 is 10.6. The molecule has 0 aliphatic carbocycles. The van der Waals surface area contributed by atoms with Gasteiger partial charge in [0.1, 0.15) is 0 Å². The first kappa shape index (κ1) is 15.5. The van der Waals surface area contributed by atoms with Crippen LogP contribution in [0.5, 0.6) is 0 Å². The molecule has 0 fully saturated rings. The average molecular weight is 290 g/mol. The smallest absolute Gasteiger partial charge is 0.318 e. The first-order valence-electron chi connectivity index (χ1n) is 6.98. The molecule has 6 nitrogen and oxygen atoms in total.